The molecule has 1 fully saturated rings. The molecule has 28 heavy (non-hydrogen) atoms. The molecule has 0 amide bonds. The number of hydrogen-bond acceptors (Lipinski definition) is 6. The summed E-state index contributed by atoms with van der Waals surface area (Å²) in [5.74, 6) is 1.53. The first-order valence-electron chi connectivity index (χ1n) is 9.31. The van der Waals surface area contributed by atoms with Gasteiger partial charge in [0.05, 0.1) is 11.6 Å². The second kappa shape index (κ2) is 6.76. The van der Waals surface area contributed by atoms with Crippen molar-refractivity contribution >= 4 is 22.6 Å². The van der Waals surface area contributed by atoms with Crippen LogP contribution in [0.5, 0.6) is 0 Å². The molecule has 4 aromatic rings. The van der Waals surface area contributed by atoms with Gasteiger partial charge in [-0.05, 0) is 50.1 Å². The Labute approximate surface area is 166 Å². The second-order valence-electron chi connectivity index (χ2n) is 6.97. The summed E-state index contributed by atoms with van der Waals surface area (Å²) < 4.78 is 19.5. The molecule has 144 valence electrons. The Morgan fingerprint density at radius 2 is 2.18 bits per heavy atom. The Morgan fingerprint density at radius 3 is 3.04 bits per heavy atom. The third-order valence-corrected chi connectivity index (χ3v) is 5.40. The van der Waals surface area contributed by atoms with E-state index in [0.29, 0.717) is 29.1 Å². The lowest BCUT2D eigenvalue weighted by molar-refractivity contribution is 0.0913. The number of benzene rings is 1. The molecule has 8 heteroatoms. The van der Waals surface area contributed by atoms with Crippen molar-refractivity contribution in [2.24, 2.45) is 0 Å². The highest BCUT2D eigenvalue weighted by Crippen LogP contribution is 2.41. The van der Waals surface area contributed by atoms with Gasteiger partial charge in [0.25, 0.3) is 0 Å². The van der Waals surface area contributed by atoms with E-state index in [-0.39, 0.29) is 12.0 Å². The lowest BCUT2D eigenvalue weighted by Crippen LogP contribution is -2.12. The highest BCUT2D eigenvalue weighted by molar-refractivity contribution is 6.31. The summed E-state index contributed by atoms with van der Waals surface area (Å²) in [7, 11) is 0. The maximum Gasteiger partial charge on any atom is 0.238 e. The molecule has 0 saturated carbocycles. The van der Waals surface area contributed by atoms with Crippen LogP contribution in [0.25, 0.3) is 22.6 Å². The Balaban J connectivity index is 1.48. The van der Waals surface area contributed by atoms with Crippen molar-refractivity contribution in [3.05, 3.63) is 52.6 Å². The fourth-order valence-corrected chi connectivity index (χ4v) is 4.14. The molecule has 0 spiro atoms. The first kappa shape index (κ1) is 17.5. The van der Waals surface area contributed by atoms with Gasteiger partial charge in [-0.3, -0.25) is 4.68 Å². The lowest BCUT2D eigenvalue weighted by atomic mass is 9.99. The number of halogens is 1. The number of fused-ring (bicyclic) bond motifs is 1. The number of aromatic nitrogens is 4. The van der Waals surface area contributed by atoms with Crippen LogP contribution in [0, 0.1) is 6.92 Å². The number of rotatable bonds is 4. The lowest BCUT2D eigenvalue weighted by Gasteiger charge is -2.16. The van der Waals surface area contributed by atoms with E-state index in [9.17, 15) is 0 Å². The Bertz CT molecular complexity index is 1150. The fraction of sp³-hybridized carbons (Fsp3) is 0.350. The van der Waals surface area contributed by atoms with E-state index in [1.807, 2.05) is 35.9 Å². The summed E-state index contributed by atoms with van der Waals surface area (Å²) in [6, 6.07) is 7.61. The zero-order valence-corrected chi connectivity index (χ0v) is 16.3. The number of hydrogen-bond donors (Lipinski definition) is 0. The monoisotopic (exact) mass is 398 g/mol. The molecule has 1 saturated heterocycles. The molecule has 0 aliphatic carbocycles. The molecular formula is C20H19ClN4O3. The molecule has 3 aromatic heterocycles. The van der Waals surface area contributed by atoms with E-state index in [4.69, 9.17) is 25.3 Å². The maximum absolute atomic E-state index is 6.15. The zero-order valence-electron chi connectivity index (χ0n) is 15.6. The van der Waals surface area contributed by atoms with Crippen molar-refractivity contribution in [3.8, 4) is 11.6 Å². The summed E-state index contributed by atoms with van der Waals surface area (Å²) in [5.41, 5.74) is 2.77. The van der Waals surface area contributed by atoms with Crippen LogP contribution in [0.15, 0.2) is 39.4 Å². The van der Waals surface area contributed by atoms with E-state index in [0.717, 1.165) is 35.2 Å². The minimum absolute atomic E-state index is 0.0104. The van der Waals surface area contributed by atoms with E-state index in [2.05, 4.69) is 22.2 Å². The highest BCUT2D eigenvalue weighted by atomic mass is 35.5. The first-order valence-corrected chi connectivity index (χ1v) is 9.69. The number of nitrogens with zero attached hydrogens (tertiary/aromatic N) is 4. The molecule has 0 bridgehead atoms. The Hall–Kier alpha value is -2.64. The van der Waals surface area contributed by atoms with Crippen LogP contribution in [0.1, 0.15) is 42.5 Å². The van der Waals surface area contributed by atoms with Gasteiger partial charge in [-0.1, -0.05) is 16.8 Å². The summed E-state index contributed by atoms with van der Waals surface area (Å²) in [6.07, 6.45) is 2.46. The molecule has 2 atom stereocenters. The summed E-state index contributed by atoms with van der Waals surface area (Å²) in [6.45, 7) is 5.44. The minimum Gasteiger partial charge on any atom is -0.452 e. The molecular weight excluding hydrogens is 380 g/mol. The van der Waals surface area contributed by atoms with E-state index in [1.54, 1.807) is 6.20 Å². The number of aryl methyl sites for hydroxylation is 2. The van der Waals surface area contributed by atoms with Crippen LogP contribution in [-0.2, 0) is 11.3 Å². The van der Waals surface area contributed by atoms with Crippen LogP contribution in [0.2, 0.25) is 5.02 Å². The molecule has 4 heterocycles. The van der Waals surface area contributed by atoms with Crippen LogP contribution < -0.4 is 0 Å². The van der Waals surface area contributed by atoms with Crippen molar-refractivity contribution in [2.45, 2.75) is 38.8 Å². The summed E-state index contributed by atoms with van der Waals surface area (Å²) in [5, 5.41) is 10.1. The average Bonchev–Trinajstić information content (AvgIpc) is 3.43. The van der Waals surface area contributed by atoms with E-state index >= 15 is 0 Å². The maximum atomic E-state index is 6.15. The van der Waals surface area contributed by atoms with Crippen LogP contribution >= 0.6 is 11.6 Å². The van der Waals surface area contributed by atoms with E-state index in [1.165, 1.54) is 0 Å². The van der Waals surface area contributed by atoms with Crippen molar-refractivity contribution in [1.82, 2.24) is 19.9 Å². The van der Waals surface area contributed by atoms with Gasteiger partial charge in [0.2, 0.25) is 11.7 Å². The van der Waals surface area contributed by atoms with Gasteiger partial charge in [0.15, 0.2) is 5.76 Å². The third kappa shape index (κ3) is 2.82. The average molecular weight is 399 g/mol. The van der Waals surface area contributed by atoms with Crippen LogP contribution in [-0.4, -0.2) is 26.5 Å². The molecule has 0 unspecified atom stereocenters. The van der Waals surface area contributed by atoms with Gasteiger partial charge in [-0.25, -0.2) is 0 Å². The number of furan rings is 1. The Morgan fingerprint density at radius 1 is 1.29 bits per heavy atom. The normalized spacial score (nSPS) is 19.7. The largest absolute Gasteiger partial charge is 0.452 e. The van der Waals surface area contributed by atoms with Crippen molar-refractivity contribution < 1.29 is 13.7 Å². The van der Waals surface area contributed by atoms with Crippen molar-refractivity contribution in [3.63, 3.8) is 0 Å². The fourth-order valence-electron chi connectivity index (χ4n) is 3.86. The molecule has 1 aliphatic rings. The molecule has 5 rings (SSSR count). The molecule has 0 N–H and O–H groups in total. The first-order chi connectivity index (χ1) is 13.6. The second-order valence-corrected chi connectivity index (χ2v) is 7.40. The van der Waals surface area contributed by atoms with Crippen molar-refractivity contribution in [2.75, 3.05) is 6.61 Å². The summed E-state index contributed by atoms with van der Waals surface area (Å²) in [4.78, 5) is 4.61. The number of ether oxygens (including phenoxy) is 1. The van der Waals surface area contributed by atoms with Gasteiger partial charge in [-0.2, -0.15) is 10.1 Å². The third-order valence-electron chi connectivity index (χ3n) is 5.18. The van der Waals surface area contributed by atoms with Crippen LogP contribution in [0.3, 0.4) is 0 Å². The smallest absolute Gasteiger partial charge is 0.238 e. The predicted molar refractivity (Wildman–Crippen MR) is 103 cm³/mol. The topological polar surface area (TPSA) is 79.1 Å². The van der Waals surface area contributed by atoms with Gasteiger partial charge in [0, 0.05) is 29.8 Å². The SMILES string of the molecule is CCn1nccc1[C@@H]1OCC[C@H]1c1nc(-c2cc3cc(Cl)cc(C)c3o2)no1. The molecule has 7 nitrogen and oxygen atoms in total. The zero-order chi connectivity index (χ0) is 19.3. The standard InChI is InChI=1S/C20H19ClN4O3/c1-3-25-15(4-6-22-25)18-14(5-7-26-18)20-23-19(24-28-20)16-10-12-9-13(21)8-11(2)17(12)27-16/h4,6,8-10,14,18H,3,5,7H2,1-2H3/t14-,18-/m1/s1. The van der Waals surface area contributed by atoms with Gasteiger partial charge in [0.1, 0.15) is 11.7 Å². The molecule has 1 aromatic carbocycles. The molecule has 0 radical (unpaired) electrons. The highest BCUT2D eigenvalue weighted by Gasteiger charge is 2.37. The van der Waals surface area contributed by atoms with Crippen LogP contribution in [0.4, 0.5) is 0 Å². The van der Waals surface area contributed by atoms with Gasteiger partial charge < -0.3 is 13.7 Å². The van der Waals surface area contributed by atoms with Gasteiger partial charge in [-0.15, -0.1) is 0 Å². The minimum atomic E-state index is -0.146. The Kier molecular flexibility index (Phi) is 4.21. The predicted octanol–water partition coefficient (Wildman–Crippen LogP) is 4.91. The van der Waals surface area contributed by atoms with Gasteiger partial charge >= 0.3 is 0 Å². The summed E-state index contributed by atoms with van der Waals surface area (Å²) >= 11 is 6.15. The quantitative estimate of drug-likeness (QED) is 0.486. The molecule has 1 aliphatic heterocycles. The van der Waals surface area contributed by atoms with Crippen molar-refractivity contribution in [1.29, 1.82) is 0 Å². The van der Waals surface area contributed by atoms with E-state index < -0.39 is 0 Å².